The number of nitrogens with zero attached hydrogens (tertiary/aromatic N) is 4. The van der Waals surface area contributed by atoms with Crippen LogP contribution in [0.1, 0.15) is 29.8 Å². The number of rotatable bonds is 5. The molecule has 2 aromatic rings. The average molecular weight is 382 g/mol. The SMILES string of the molecule is O=C(CCN1CCCC1)N1CCN(C(=O)c2cc(-c3ccccc3)on2)CC1. The molecule has 0 atom stereocenters. The van der Waals surface area contributed by atoms with Gasteiger partial charge in [-0.15, -0.1) is 0 Å². The van der Waals surface area contributed by atoms with E-state index in [1.807, 2.05) is 35.2 Å². The van der Waals surface area contributed by atoms with Crippen molar-refractivity contribution in [2.24, 2.45) is 0 Å². The molecule has 1 aromatic carbocycles. The first-order valence-corrected chi connectivity index (χ1v) is 10.0. The Hall–Kier alpha value is -2.67. The summed E-state index contributed by atoms with van der Waals surface area (Å²) in [4.78, 5) is 31.1. The zero-order chi connectivity index (χ0) is 19.3. The lowest BCUT2D eigenvalue weighted by Gasteiger charge is -2.34. The quantitative estimate of drug-likeness (QED) is 0.792. The van der Waals surface area contributed by atoms with Crippen LogP contribution in [0.2, 0.25) is 0 Å². The Morgan fingerprint density at radius 2 is 1.61 bits per heavy atom. The molecule has 0 bridgehead atoms. The molecule has 1 aromatic heterocycles. The summed E-state index contributed by atoms with van der Waals surface area (Å²) in [5.41, 5.74) is 1.20. The fourth-order valence-electron chi connectivity index (χ4n) is 3.85. The highest BCUT2D eigenvalue weighted by atomic mass is 16.5. The number of benzene rings is 1. The lowest BCUT2D eigenvalue weighted by atomic mass is 10.1. The molecule has 4 rings (SSSR count). The van der Waals surface area contributed by atoms with Gasteiger partial charge in [0.2, 0.25) is 5.91 Å². The lowest BCUT2D eigenvalue weighted by molar-refractivity contribution is -0.133. The van der Waals surface area contributed by atoms with E-state index in [-0.39, 0.29) is 11.8 Å². The molecular formula is C21H26N4O3. The largest absolute Gasteiger partial charge is 0.355 e. The maximum atomic E-state index is 12.7. The van der Waals surface area contributed by atoms with E-state index in [0.29, 0.717) is 44.1 Å². The number of hydrogen-bond donors (Lipinski definition) is 0. The molecule has 7 nitrogen and oxygen atoms in total. The molecule has 2 saturated heterocycles. The molecule has 2 amide bonds. The van der Waals surface area contributed by atoms with Crippen LogP contribution in [0.15, 0.2) is 40.9 Å². The summed E-state index contributed by atoms with van der Waals surface area (Å²) >= 11 is 0. The molecule has 2 fully saturated rings. The van der Waals surface area contributed by atoms with Crippen LogP contribution in [0.4, 0.5) is 0 Å². The minimum Gasteiger partial charge on any atom is -0.355 e. The maximum Gasteiger partial charge on any atom is 0.276 e. The van der Waals surface area contributed by atoms with Crippen LogP contribution in [0.25, 0.3) is 11.3 Å². The molecule has 148 valence electrons. The molecule has 0 unspecified atom stereocenters. The normalized spacial score (nSPS) is 17.9. The Morgan fingerprint density at radius 1 is 0.929 bits per heavy atom. The fourth-order valence-corrected chi connectivity index (χ4v) is 3.85. The number of aromatic nitrogens is 1. The Morgan fingerprint density at radius 3 is 2.32 bits per heavy atom. The predicted molar refractivity (Wildman–Crippen MR) is 105 cm³/mol. The topological polar surface area (TPSA) is 69.9 Å². The number of hydrogen-bond acceptors (Lipinski definition) is 5. The van der Waals surface area contributed by atoms with E-state index in [2.05, 4.69) is 10.1 Å². The lowest BCUT2D eigenvalue weighted by Crippen LogP contribution is -2.51. The molecule has 0 radical (unpaired) electrons. The minimum absolute atomic E-state index is 0.143. The van der Waals surface area contributed by atoms with E-state index >= 15 is 0 Å². The van der Waals surface area contributed by atoms with Gasteiger partial charge in [0.25, 0.3) is 5.91 Å². The van der Waals surface area contributed by atoms with E-state index in [1.165, 1.54) is 12.8 Å². The molecule has 3 heterocycles. The molecule has 28 heavy (non-hydrogen) atoms. The van der Waals surface area contributed by atoms with E-state index in [1.54, 1.807) is 11.0 Å². The first-order chi connectivity index (χ1) is 13.7. The summed E-state index contributed by atoms with van der Waals surface area (Å²) in [7, 11) is 0. The van der Waals surface area contributed by atoms with Gasteiger partial charge in [-0.2, -0.15) is 0 Å². The van der Waals surface area contributed by atoms with Crippen LogP contribution in [0.3, 0.4) is 0 Å². The molecule has 7 heteroatoms. The van der Waals surface area contributed by atoms with Crippen LogP contribution < -0.4 is 0 Å². The Labute approximate surface area is 164 Å². The van der Waals surface area contributed by atoms with Crippen molar-refractivity contribution in [1.29, 1.82) is 0 Å². The van der Waals surface area contributed by atoms with Crippen molar-refractivity contribution in [3.63, 3.8) is 0 Å². The first-order valence-electron chi connectivity index (χ1n) is 10.0. The minimum atomic E-state index is -0.143. The van der Waals surface area contributed by atoms with Crippen molar-refractivity contribution in [3.8, 4) is 11.3 Å². The Kier molecular flexibility index (Phi) is 5.71. The van der Waals surface area contributed by atoms with E-state index in [0.717, 1.165) is 25.2 Å². The zero-order valence-corrected chi connectivity index (χ0v) is 16.0. The van der Waals surface area contributed by atoms with Gasteiger partial charge in [0.1, 0.15) is 0 Å². The number of carbonyl (C=O) groups is 2. The summed E-state index contributed by atoms with van der Waals surface area (Å²) in [6, 6.07) is 11.3. The van der Waals surface area contributed by atoms with E-state index in [4.69, 9.17) is 4.52 Å². The summed E-state index contributed by atoms with van der Waals surface area (Å²) < 4.78 is 5.34. The average Bonchev–Trinajstić information content (AvgIpc) is 3.44. The van der Waals surface area contributed by atoms with Gasteiger partial charge in [0, 0.05) is 50.8 Å². The highest BCUT2D eigenvalue weighted by Gasteiger charge is 2.27. The molecular weight excluding hydrogens is 356 g/mol. The first kappa shape index (κ1) is 18.7. The third kappa shape index (κ3) is 4.25. The van der Waals surface area contributed by atoms with Crippen molar-refractivity contribution in [3.05, 3.63) is 42.1 Å². The van der Waals surface area contributed by atoms with Crippen LogP contribution in [-0.2, 0) is 4.79 Å². The van der Waals surface area contributed by atoms with Gasteiger partial charge in [-0.25, -0.2) is 0 Å². The van der Waals surface area contributed by atoms with Gasteiger partial charge in [-0.05, 0) is 25.9 Å². The van der Waals surface area contributed by atoms with Crippen molar-refractivity contribution in [1.82, 2.24) is 19.9 Å². The highest BCUT2D eigenvalue weighted by Crippen LogP contribution is 2.21. The second-order valence-corrected chi connectivity index (χ2v) is 7.41. The van der Waals surface area contributed by atoms with Gasteiger partial charge in [0.05, 0.1) is 0 Å². The van der Waals surface area contributed by atoms with Crippen molar-refractivity contribution < 1.29 is 14.1 Å². The summed E-state index contributed by atoms with van der Waals surface area (Å²) in [6.45, 7) is 5.28. The molecule has 2 aliphatic heterocycles. The Bertz CT molecular complexity index is 806. The molecule has 0 saturated carbocycles. The van der Waals surface area contributed by atoms with Gasteiger partial charge in [-0.3, -0.25) is 9.59 Å². The monoisotopic (exact) mass is 382 g/mol. The maximum absolute atomic E-state index is 12.7. The molecule has 0 aliphatic carbocycles. The summed E-state index contributed by atoms with van der Waals surface area (Å²) in [6.07, 6.45) is 3.05. The molecule has 0 spiro atoms. The van der Waals surface area contributed by atoms with Gasteiger partial charge < -0.3 is 19.2 Å². The van der Waals surface area contributed by atoms with Gasteiger partial charge >= 0.3 is 0 Å². The van der Waals surface area contributed by atoms with E-state index in [9.17, 15) is 9.59 Å². The zero-order valence-electron chi connectivity index (χ0n) is 16.0. The third-order valence-corrected chi connectivity index (χ3v) is 5.55. The molecule has 2 aliphatic rings. The smallest absolute Gasteiger partial charge is 0.276 e. The van der Waals surface area contributed by atoms with E-state index < -0.39 is 0 Å². The van der Waals surface area contributed by atoms with Crippen LogP contribution in [0, 0.1) is 0 Å². The standard InChI is InChI=1S/C21H26N4O3/c26-20(8-11-23-9-4-5-10-23)24-12-14-25(15-13-24)21(27)18-16-19(28-22-18)17-6-2-1-3-7-17/h1-3,6-7,16H,4-5,8-15H2. The highest BCUT2D eigenvalue weighted by molar-refractivity contribution is 5.93. The Balaban J connectivity index is 1.28. The molecule has 0 N–H and O–H groups in total. The van der Waals surface area contributed by atoms with Crippen LogP contribution >= 0.6 is 0 Å². The predicted octanol–water partition coefficient (Wildman–Crippen LogP) is 2.11. The summed E-state index contributed by atoms with van der Waals surface area (Å²) in [5, 5.41) is 3.94. The van der Waals surface area contributed by atoms with Crippen LogP contribution in [-0.4, -0.2) is 77.5 Å². The fraction of sp³-hybridized carbons (Fsp3) is 0.476. The summed E-state index contributed by atoms with van der Waals surface area (Å²) in [5.74, 6) is 0.626. The van der Waals surface area contributed by atoms with Gasteiger partial charge in [-0.1, -0.05) is 35.5 Å². The van der Waals surface area contributed by atoms with Crippen molar-refractivity contribution in [2.75, 3.05) is 45.8 Å². The number of carbonyl (C=O) groups excluding carboxylic acids is 2. The second-order valence-electron chi connectivity index (χ2n) is 7.41. The van der Waals surface area contributed by atoms with Crippen molar-refractivity contribution in [2.45, 2.75) is 19.3 Å². The van der Waals surface area contributed by atoms with Gasteiger partial charge in [0.15, 0.2) is 11.5 Å². The van der Waals surface area contributed by atoms with Crippen LogP contribution in [0.5, 0.6) is 0 Å². The second kappa shape index (κ2) is 8.56. The number of likely N-dealkylation sites (tertiary alicyclic amines) is 1. The number of amides is 2. The van der Waals surface area contributed by atoms with Crippen molar-refractivity contribution >= 4 is 11.8 Å². The number of piperazine rings is 1. The third-order valence-electron chi connectivity index (χ3n) is 5.55.